The Morgan fingerprint density at radius 2 is 2.08 bits per heavy atom. The summed E-state index contributed by atoms with van der Waals surface area (Å²) in [6.07, 6.45) is 1.54. The van der Waals surface area contributed by atoms with E-state index in [1.165, 1.54) is 6.26 Å². The number of aromatic amines is 1. The number of ether oxygens (including phenoxy) is 1. The lowest BCUT2D eigenvalue weighted by atomic mass is 10.2. The number of methoxy groups -OCH3 is 1. The Kier molecular flexibility index (Phi) is 4.51. The minimum Gasteiger partial charge on any atom is -0.496 e. The normalized spacial score (nSPS) is 10.5. The van der Waals surface area contributed by atoms with Crippen molar-refractivity contribution < 1.29 is 18.7 Å². The van der Waals surface area contributed by atoms with E-state index in [9.17, 15) is 9.59 Å². The molecule has 24 heavy (non-hydrogen) atoms. The number of H-pyrrole nitrogens is 1. The zero-order valence-electron chi connectivity index (χ0n) is 13.1. The maximum absolute atomic E-state index is 12.2. The number of aromatic nitrogens is 1. The largest absolute Gasteiger partial charge is 0.496 e. The summed E-state index contributed by atoms with van der Waals surface area (Å²) in [4.78, 5) is 26.9. The van der Waals surface area contributed by atoms with Gasteiger partial charge in [0.1, 0.15) is 17.2 Å². The van der Waals surface area contributed by atoms with E-state index in [0.29, 0.717) is 17.2 Å². The molecule has 2 aromatic heterocycles. The number of benzene rings is 1. The van der Waals surface area contributed by atoms with Crippen LogP contribution in [0, 0.1) is 0 Å². The van der Waals surface area contributed by atoms with E-state index in [1.54, 1.807) is 25.3 Å². The van der Waals surface area contributed by atoms with Crippen LogP contribution < -0.4 is 15.4 Å². The predicted octanol–water partition coefficient (Wildman–Crippen LogP) is 1.82. The Morgan fingerprint density at radius 1 is 1.21 bits per heavy atom. The van der Waals surface area contributed by atoms with Crippen molar-refractivity contribution in [3.8, 4) is 5.75 Å². The van der Waals surface area contributed by atoms with Crippen molar-refractivity contribution in [1.82, 2.24) is 15.6 Å². The molecule has 7 nitrogen and oxygen atoms in total. The second kappa shape index (κ2) is 6.91. The molecule has 1 aromatic carbocycles. The minimum absolute atomic E-state index is 0.119. The SMILES string of the molecule is COc1cccc2[nH]c(C(=O)NCC(=O)NCc3ccco3)cc12. The molecular formula is C17H17N3O4. The van der Waals surface area contributed by atoms with Crippen molar-refractivity contribution in [2.75, 3.05) is 13.7 Å². The number of rotatable bonds is 6. The highest BCUT2D eigenvalue weighted by Gasteiger charge is 2.13. The Morgan fingerprint density at radius 3 is 2.83 bits per heavy atom. The summed E-state index contributed by atoms with van der Waals surface area (Å²) in [5.41, 5.74) is 1.16. The Hall–Kier alpha value is -3.22. The number of hydrogen-bond acceptors (Lipinski definition) is 4. The van der Waals surface area contributed by atoms with Crippen LogP contribution in [0.1, 0.15) is 16.2 Å². The molecule has 124 valence electrons. The first-order chi connectivity index (χ1) is 11.7. The molecule has 2 heterocycles. The van der Waals surface area contributed by atoms with Crippen LogP contribution in [-0.2, 0) is 11.3 Å². The molecule has 0 fully saturated rings. The van der Waals surface area contributed by atoms with E-state index >= 15 is 0 Å². The fourth-order valence-electron chi connectivity index (χ4n) is 2.34. The van der Waals surface area contributed by atoms with Crippen molar-refractivity contribution in [3.05, 3.63) is 54.1 Å². The first-order valence-electron chi connectivity index (χ1n) is 7.40. The van der Waals surface area contributed by atoms with E-state index in [1.807, 2.05) is 18.2 Å². The van der Waals surface area contributed by atoms with Crippen LogP contribution in [-0.4, -0.2) is 30.5 Å². The van der Waals surface area contributed by atoms with Gasteiger partial charge in [0.2, 0.25) is 5.91 Å². The van der Waals surface area contributed by atoms with Crippen LogP contribution in [0.3, 0.4) is 0 Å². The maximum Gasteiger partial charge on any atom is 0.268 e. The summed E-state index contributed by atoms with van der Waals surface area (Å²) in [6.45, 7) is 0.164. The lowest BCUT2D eigenvalue weighted by Gasteiger charge is -2.04. The summed E-state index contributed by atoms with van der Waals surface area (Å²) in [6, 6.07) is 10.7. The molecular weight excluding hydrogens is 310 g/mol. The molecule has 3 rings (SSSR count). The number of carbonyl (C=O) groups is 2. The molecule has 0 saturated carbocycles. The predicted molar refractivity (Wildman–Crippen MR) is 87.7 cm³/mol. The highest BCUT2D eigenvalue weighted by molar-refractivity contribution is 6.00. The zero-order chi connectivity index (χ0) is 16.9. The number of hydrogen-bond donors (Lipinski definition) is 3. The molecule has 0 bridgehead atoms. The molecule has 0 spiro atoms. The van der Waals surface area contributed by atoms with Gasteiger partial charge in [-0.3, -0.25) is 9.59 Å². The van der Waals surface area contributed by atoms with E-state index in [0.717, 1.165) is 10.9 Å². The van der Waals surface area contributed by atoms with Gasteiger partial charge in [-0.05, 0) is 30.3 Å². The van der Waals surface area contributed by atoms with Crippen LogP contribution >= 0.6 is 0 Å². The average molecular weight is 327 g/mol. The van der Waals surface area contributed by atoms with Crippen LogP contribution in [0.25, 0.3) is 10.9 Å². The topological polar surface area (TPSA) is 96.4 Å². The standard InChI is InChI=1S/C17H17N3O4/c1-23-15-6-2-5-13-12(15)8-14(20-13)17(22)19-10-16(21)18-9-11-4-3-7-24-11/h2-8,20H,9-10H2,1H3,(H,18,21)(H,19,22). The third kappa shape index (κ3) is 3.40. The maximum atomic E-state index is 12.2. The monoisotopic (exact) mass is 327 g/mol. The quantitative estimate of drug-likeness (QED) is 0.643. The summed E-state index contributed by atoms with van der Waals surface area (Å²) in [5.74, 6) is 0.672. The van der Waals surface area contributed by atoms with Gasteiger partial charge in [-0.25, -0.2) is 0 Å². The third-order valence-corrected chi connectivity index (χ3v) is 3.54. The highest BCUT2D eigenvalue weighted by atomic mass is 16.5. The molecule has 0 aliphatic heterocycles. The van der Waals surface area contributed by atoms with Gasteiger partial charge in [-0.2, -0.15) is 0 Å². The van der Waals surface area contributed by atoms with Crippen LogP contribution in [0.5, 0.6) is 5.75 Å². The molecule has 0 aliphatic rings. The van der Waals surface area contributed by atoms with Gasteiger partial charge in [-0.1, -0.05) is 6.07 Å². The number of fused-ring (bicyclic) bond motifs is 1. The molecule has 3 N–H and O–H groups in total. The lowest BCUT2D eigenvalue weighted by molar-refractivity contribution is -0.120. The smallest absolute Gasteiger partial charge is 0.268 e. The molecule has 2 amide bonds. The molecule has 0 atom stereocenters. The van der Waals surface area contributed by atoms with Gasteiger partial charge in [0, 0.05) is 10.9 Å². The zero-order valence-corrected chi connectivity index (χ0v) is 13.1. The second-order valence-corrected chi connectivity index (χ2v) is 5.14. The molecule has 7 heteroatoms. The summed E-state index contributed by atoms with van der Waals surface area (Å²) in [5, 5.41) is 6.05. The second-order valence-electron chi connectivity index (χ2n) is 5.14. The van der Waals surface area contributed by atoms with Crippen LogP contribution in [0.2, 0.25) is 0 Å². The first kappa shape index (κ1) is 15.7. The molecule has 0 radical (unpaired) electrons. The average Bonchev–Trinajstić information content (AvgIpc) is 3.26. The number of nitrogens with one attached hydrogen (secondary N) is 3. The van der Waals surface area contributed by atoms with Gasteiger partial charge < -0.3 is 24.8 Å². The van der Waals surface area contributed by atoms with Crippen molar-refractivity contribution >= 4 is 22.7 Å². The van der Waals surface area contributed by atoms with Gasteiger partial charge >= 0.3 is 0 Å². The molecule has 3 aromatic rings. The van der Waals surface area contributed by atoms with E-state index in [4.69, 9.17) is 9.15 Å². The third-order valence-electron chi connectivity index (χ3n) is 3.54. The van der Waals surface area contributed by atoms with Crippen LogP contribution in [0.4, 0.5) is 0 Å². The number of carbonyl (C=O) groups excluding carboxylic acids is 2. The molecule has 0 unspecified atom stereocenters. The van der Waals surface area contributed by atoms with E-state index in [2.05, 4.69) is 15.6 Å². The Labute approximate surface area is 138 Å². The van der Waals surface area contributed by atoms with Crippen LogP contribution in [0.15, 0.2) is 47.1 Å². The van der Waals surface area contributed by atoms with E-state index in [-0.39, 0.29) is 24.9 Å². The first-order valence-corrected chi connectivity index (χ1v) is 7.40. The van der Waals surface area contributed by atoms with Crippen molar-refractivity contribution in [1.29, 1.82) is 0 Å². The Balaban J connectivity index is 1.57. The fraction of sp³-hybridized carbons (Fsp3) is 0.176. The van der Waals surface area contributed by atoms with Gasteiger partial charge in [-0.15, -0.1) is 0 Å². The van der Waals surface area contributed by atoms with E-state index < -0.39 is 0 Å². The fourth-order valence-corrected chi connectivity index (χ4v) is 2.34. The highest BCUT2D eigenvalue weighted by Crippen LogP contribution is 2.25. The minimum atomic E-state index is -0.360. The van der Waals surface area contributed by atoms with Crippen molar-refractivity contribution in [3.63, 3.8) is 0 Å². The summed E-state index contributed by atoms with van der Waals surface area (Å²) >= 11 is 0. The van der Waals surface area contributed by atoms with Gasteiger partial charge in [0.25, 0.3) is 5.91 Å². The lowest BCUT2D eigenvalue weighted by Crippen LogP contribution is -2.36. The number of furan rings is 1. The van der Waals surface area contributed by atoms with Gasteiger partial charge in [0.05, 0.1) is 26.5 Å². The molecule has 0 saturated heterocycles. The Bertz CT molecular complexity index is 852. The molecule has 0 aliphatic carbocycles. The van der Waals surface area contributed by atoms with Crippen molar-refractivity contribution in [2.24, 2.45) is 0 Å². The van der Waals surface area contributed by atoms with Crippen molar-refractivity contribution in [2.45, 2.75) is 6.54 Å². The summed E-state index contributed by atoms with van der Waals surface area (Å²) < 4.78 is 10.4. The van der Waals surface area contributed by atoms with Gasteiger partial charge in [0.15, 0.2) is 0 Å². The summed E-state index contributed by atoms with van der Waals surface area (Å²) in [7, 11) is 1.57. The number of amides is 2.